The largest absolute Gasteiger partial charge is 0.484 e. The molecule has 1 heterocycles. The van der Waals surface area contributed by atoms with Crippen LogP contribution in [-0.2, 0) is 14.4 Å². The third-order valence-corrected chi connectivity index (χ3v) is 5.93. The van der Waals surface area contributed by atoms with Gasteiger partial charge in [0.05, 0.1) is 0 Å². The molecule has 9 nitrogen and oxygen atoms in total. The predicted molar refractivity (Wildman–Crippen MR) is 145 cm³/mol. The number of rotatable bonds is 8. The Labute approximate surface area is 220 Å². The van der Waals surface area contributed by atoms with E-state index in [-0.39, 0.29) is 18.2 Å². The third-order valence-electron chi connectivity index (χ3n) is 5.93. The molecule has 1 fully saturated rings. The summed E-state index contributed by atoms with van der Waals surface area (Å²) in [5, 5.41) is 7.97. The zero-order chi connectivity index (χ0) is 27.2. The number of hydrogen-bond donors (Lipinski definition) is 3. The maximum atomic E-state index is 12.8. The molecule has 3 aromatic rings. The molecule has 0 aromatic heterocycles. The molecule has 194 valence electrons. The minimum absolute atomic E-state index is 0.0303. The maximum absolute atomic E-state index is 12.8. The number of hydrogen-bond acceptors (Lipinski definition) is 5. The minimum atomic E-state index is -0.685. The topological polar surface area (TPSA) is 117 Å². The van der Waals surface area contributed by atoms with Crippen molar-refractivity contribution in [2.24, 2.45) is 0 Å². The summed E-state index contributed by atoms with van der Waals surface area (Å²) in [6, 6.07) is 18.9. The first-order valence-electron chi connectivity index (χ1n) is 12.0. The van der Waals surface area contributed by atoms with E-state index in [0.29, 0.717) is 22.7 Å². The molecular formula is C29H28N4O5. The number of amides is 5. The van der Waals surface area contributed by atoms with Gasteiger partial charge in [-0.15, -0.1) is 0 Å². The second-order valence-electron chi connectivity index (χ2n) is 9.00. The Morgan fingerprint density at radius 3 is 2.32 bits per heavy atom. The smallest absolute Gasteiger partial charge is 0.329 e. The van der Waals surface area contributed by atoms with Crippen LogP contribution in [0, 0.1) is 20.8 Å². The van der Waals surface area contributed by atoms with Gasteiger partial charge in [0.15, 0.2) is 6.61 Å². The lowest BCUT2D eigenvalue weighted by Gasteiger charge is -2.12. The normalized spacial score (nSPS) is 13.9. The van der Waals surface area contributed by atoms with Crippen molar-refractivity contribution in [3.8, 4) is 5.75 Å². The van der Waals surface area contributed by atoms with Crippen LogP contribution in [0.25, 0.3) is 6.08 Å². The van der Waals surface area contributed by atoms with Gasteiger partial charge in [0.2, 0.25) is 5.91 Å². The molecule has 0 saturated carbocycles. The molecule has 1 saturated heterocycles. The molecule has 5 amide bonds. The quantitative estimate of drug-likeness (QED) is 0.310. The number of urea groups is 1. The molecule has 38 heavy (non-hydrogen) atoms. The van der Waals surface area contributed by atoms with E-state index in [0.717, 1.165) is 21.6 Å². The van der Waals surface area contributed by atoms with Gasteiger partial charge in [-0.05, 0) is 79.9 Å². The average Bonchev–Trinajstić information content (AvgIpc) is 3.14. The molecular weight excluding hydrogens is 484 g/mol. The molecule has 0 atom stereocenters. The number of carbonyl (C=O) groups excluding carboxylic acids is 4. The fourth-order valence-corrected chi connectivity index (χ4v) is 3.72. The van der Waals surface area contributed by atoms with Crippen molar-refractivity contribution in [3.05, 3.63) is 94.7 Å². The molecule has 3 N–H and O–H groups in total. The van der Waals surface area contributed by atoms with Crippen LogP contribution < -0.4 is 20.7 Å². The van der Waals surface area contributed by atoms with Gasteiger partial charge < -0.3 is 20.7 Å². The fraction of sp³-hybridized carbons (Fsp3) is 0.172. The lowest BCUT2D eigenvalue weighted by molar-refractivity contribution is -0.127. The number of imide groups is 1. The van der Waals surface area contributed by atoms with Crippen LogP contribution in [0.5, 0.6) is 5.75 Å². The Bertz CT molecular complexity index is 1430. The van der Waals surface area contributed by atoms with Gasteiger partial charge in [-0.2, -0.15) is 0 Å². The Morgan fingerprint density at radius 2 is 1.58 bits per heavy atom. The summed E-state index contributed by atoms with van der Waals surface area (Å²) in [6.07, 6.45) is 1.49. The zero-order valence-corrected chi connectivity index (χ0v) is 21.3. The zero-order valence-electron chi connectivity index (χ0n) is 21.3. The number of anilines is 2. The van der Waals surface area contributed by atoms with Gasteiger partial charge in [-0.25, -0.2) is 9.69 Å². The first kappa shape index (κ1) is 26.2. The van der Waals surface area contributed by atoms with Gasteiger partial charge in [0.1, 0.15) is 18.0 Å². The lowest BCUT2D eigenvalue weighted by Crippen LogP contribution is -2.38. The van der Waals surface area contributed by atoms with Crippen molar-refractivity contribution in [1.82, 2.24) is 10.2 Å². The molecule has 0 unspecified atom stereocenters. The van der Waals surface area contributed by atoms with Crippen LogP contribution in [0.15, 0.2) is 72.4 Å². The van der Waals surface area contributed by atoms with Crippen LogP contribution in [0.4, 0.5) is 16.2 Å². The SMILES string of the molecule is Cc1ccc(NC(=O)CN2C(=O)N/C(=C\c3cccc(OCC(=O)Nc4ccc(C)c(C)c4)c3)C2=O)cc1. The minimum Gasteiger partial charge on any atom is -0.484 e. The molecule has 0 spiro atoms. The van der Waals surface area contributed by atoms with Gasteiger partial charge in [0, 0.05) is 11.4 Å². The van der Waals surface area contributed by atoms with E-state index in [4.69, 9.17) is 4.74 Å². The van der Waals surface area contributed by atoms with E-state index in [1.54, 1.807) is 36.4 Å². The highest BCUT2D eigenvalue weighted by Gasteiger charge is 2.34. The summed E-state index contributed by atoms with van der Waals surface area (Å²) >= 11 is 0. The number of aryl methyl sites for hydroxylation is 3. The van der Waals surface area contributed by atoms with Crippen molar-refractivity contribution < 1.29 is 23.9 Å². The first-order valence-corrected chi connectivity index (χ1v) is 12.0. The summed E-state index contributed by atoms with van der Waals surface area (Å²) in [4.78, 5) is 50.7. The van der Waals surface area contributed by atoms with E-state index in [1.165, 1.54) is 6.08 Å². The van der Waals surface area contributed by atoms with E-state index < -0.39 is 24.4 Å². The molecule has 1 aliphatic heterocycles. The lowest BCUT2D eigenvalue weighted by atomic mass is 10.1. The Balaban J connectivity index is 1.34. The van der Waals surface area contributed by atoms with Crippen LogP contribution in [0.2, 0.25) is 0 Å². The molecule has 4 rings (SSSR count). The van der Waals surface area contributed by atoms with Crippen molar-refractivity contribution in [3.63, 3.8) is 0 Å². The number of carbonyl (C=O) groups is 4. The second kappa shape index (κ2) is 11.4. The summed E-state index contributed by atoms with van der Waals surface area (Å²) in [5.41, 5.74) is 5.12. The monoisotopic (exact) mass is 512 g/mol. The third kappa shape index (κ3) is 6.64. The highest BCUT2D eigenvalue weighted by Crippen LogP contribution is 2.19. The average molecular weight is 513 g/mol. The van der Waals surface area contributed by atoms with Crippen LogP contribution >= 0.6 is 0 Å². The van der Waals surface area contributed by atoms with Gasteiger partial charge in [-0.3, -0.25) is 14.4 Å². The molecule has 0 aliphatic carbocycles. The van der Waals surface area contributed by atoms with Crippen molar-refractivity contribution in [2.45, 2.75) is 20.8 Å². The van der Waals surface area contributed by atoms with Gasteiger partial charge in [-0.1, -0.05) is 35.9 Å². The Morgan fingerprint density at radius 1 is 0.868 bits per heavy atom. The van der Waals surface area contributed by atoms with E-state index in [2.05, 4.69) is 16.0 Å². The summed E-state index contributed by atoms with van der Waals surface area (Å²) in [6.45, 7) is 5.27. The van der Waals surface area contributed by atoms with Crippen molar-refractivity contribution in [1.29, 1.82) is 0 Å². The molecule has 3 aromatic carbocycles. The highest BCUT2D eigenvalue weighted by molar-refractivity contribution is 6.16. The summed E-state index contributed by atoms with van der Waals surface area (Å²) in [5.74, 6) is -1.00. The first-order chi connectivity index (χ1) is 18.2. The van der Waals surface area contributed by atoms with Crippen LogP contribution in [0.3, 0.4) is 0 Å². The summed E-state index contributed by atoms with van der Waals surface area (Å²) < 4.78 is 5.61. The standard InChI is InChI=1S/C29H28N4O5/c1-18-7-10-22(11-8-18)30-26(34)16-33-28(36)25(32-29(33)37)15-21-5-4-6-24(14-21)38-17-27(35)31-23-12-9-19(2)20(3)13-23/h4-15H,16-17H2,1-3H3,(H,30,34)(H,31,35)(H,32,37)/b25-15-. The Kier molecular flexibility index (Phi) is 7.86. The highest BCUT2D eigenvalue weighted by atomic mass is 16.5. The van der Waals surface area contributed by atoms with Crippen LogP contribution in [0.1, 0.15) is 22.3 Å². The number of ether oxygens (including phenoxy) is 1. The van der Waals surface area contributed by atoms with Crippen molar-refractivity contribution >= 4 is 41.2 Å². The molecule has 9 heteroatoms. The number of benzene rings is 3. The molecule has 1 aliphatic rings. The van der Waals surface area contributed by atoms with Gasteiger partial charge in [0.25, 0.3) is 11.8 Å². The molecule has 0 radical (unpaired) electrons. The van der Waals surface area contributed by atoms with Gasteiger partial charge >= 0.3 is 6.03 Å². The van der Waals surface area contributed by atoms with E-state index >= 15 is 0 Å². The maximum Gasteiger partial charge on any atom is 0.329 e. The summed E-state index contributed by atoms with van der Waals surface area (Å²) in [7, 11) is 0. The predicted octanol–water partition coefficient (Wildman–Crippen LogP) is 4.16. The van der Waals surface area contributed by atoms with E-state index in [9.17, 15) is 19.2 Å². The fourth-order valence-electron chi connectivity index (χ4n) is 3.72. The number of nitrogens with one attached hydrogen (secondary N) is 3. The molecule has 0 bridgehead atoms. The Hall–Kier alpha value is -4.92. The van der Waals surface area contributed by atoms with Crippen molar-refractivity contribution in [2.75, 3.05) is 23.8 Å². The van der Waals surface area contributed by atoms with Crippen LogP contribution in [-0.4, -0.2) is 41.8 Å². The van der Waals surface area contributed by atoms with E-state index in [1.807, 2.05) is 51.1 Å². The number of nitrogens with zero attached hydrogens (tertiary/aromatic N) is 1. The second-order valence-corrected chi connectivity index (χ2v) is 9.00.